The number of morpholine rings is 1. The zero-order chi connectivity index (χ0) is 24.6. The number of carboxylic acid groups (broad SMARTS) is 1. The van der Waals surface area contributed by atoms with Gasteiger partial charge in [0.2, 0.25) is 11.8 Å². The van der Waals surface area contributed by atoms with Crippen molar-refractivity contribution in [3.05, 3.63) is 12.7 Å². The molecule has 3 unspecified atom stereocenters. The minimum Gasteiger partial charge on any atom is -0.481 e. The third-order valence-electron chi connectivity index (χ3n) is 7.77. The van der Waals surface area contributed by atoms with E-state index in [2.05, 4.69) is 27.4 Å². The van der Waals surface area contributed by atoms with E-state index in [1.165, 1.54) is 16.7 Å². The van der Waals surface area contributed by atoms with E-state index in [4.69, 9.17) is 4.74 Å². The normalized spacial score (nSPS) is 35.9. The summed E-state index contributed by atoms with van der Waals surface area (Å²) in [5, 5.41) is 19.8. The molecule has 2 amide bonds. The molecule has 4 fully saturated rings. The number of carbonyl (C=O) groups excluding carboxylic acids is 2. The van der Waals surface area contributed by atoms with Gasteiger partial charge >= 0.3 is 5.97 Å². The lowest BCUT2D eigenvalue weighted by atomic mass is 9.71. The molecule has 11 heteroatoms. The van der Waals surface area contributed by atoms with Gasteiger partial charge in [-0.3, -0.25) is 19.3 Å². The number of nitrogens with zero attached hydrogens (tertiary/aromatic N) is 3. The molecular weight excluding hydrogens is 526 g/mol. The van der Waals surface area contributed by atoms with Crippen molar-refractivity contribution in [3.8, 4) is 0 Å². The fraction of sp³-hybridized carbons (Fsp3) is 0.783. The number of thioether (sulfide) groups is 1. The number of alkyl halides is 1. The zero-order valence-corrected chi connectivity index (χ0v) is 21.9. The summed E-state index contributed by atoms with van der Waals surface area (Å²) >= 11 is 5.14. The number of aliphatic hydroxyl groups is 1. The Hall–Kier alpha value is -1.14. The summed E-state index contributed by atoms with van der Waals surface area (Å²) in [5.41, 5.74) is 0. The van der Waals surface area contributed by atoms with Crippen LogP contribution in [0.2, 0.25) is 0 Å². The molecule has 9 nitrogen and oxygen atoms in total. The van der Waals surface area contributed by atoms with E-state index in [0.29, 0.717) is 45.7 Å². The van der Waals surface area contributed by atoms with Crippen LogP contribution >= 0.6 is 27.7 Å². The molecule has 2 N–H and O–H groups in total. The molecule has 4 aliphatic heterocycles. The summed E-state index contributed by atoms with van der Waals surface area (Å²) in [6.07, 6.45) is 2.71. The predicted molar refractivity (Wildman–Crippen MR) is 132 cm³/mol. The van der Waals surface area contributed by atoms with Gasteiger partial charge < -0.3 is 24.7 Å². The molecule has 0 aromatic heterocycles. The van der Waals surface area contributed by atoms with E-state index in [1.54, 1.807) is 11.0 Å². The average molecular weight is 561 g/mol. The number of aliphatic hydroxyl groups excluding tert-OH is 1. The number of halogens is 1. The third kappa shape index (κ3) is 4.21. The first-order valence-corrected chi connectivity index (χ1v) is 13.8. The lowest BCUT2D eigenvalue weighted by molar-refractivity contribution is -0.149. The molecule has 4 aliphatic rings. The van der Waals surface area contributed by atoms with Gasteiger partial charge in [-0.25, -0.2) is 0 Å². The maximum absolute atomic E-state index is 14.2. The first kappa shape index (κ1) is 25.9. The van der Waals surface area contributed by atoms with E-state index in [0.717, 1.165) is 13.1 Å². The van der Waals surface area contributed by atoms with Crippen molar-refractivity contribution in [2.24, 2.45) is 11.8 Å². The van der Waals surface area contributed by atoms with Crippen LogP contribution in [0.25, 0.3) is 0 Å². The SMILES string of the molecule is C=CCN(CCN1CCOCC1)C(=O)C1N([C@@H](CC)CO)C(=O)[C@@H]2[C@@H](C(=O)O)[C@@H]3SC12CC3Br. The van der Waals surface area contributed by atoms with Gasteiger partial charge in [0.1, 0.15) is 6.04 Å². The summed E-state index contributed by atoms with van der Waals surface area (Å²) < 4.78 is 4.60. The second-order valence-corrected chi connectivity index (χ2v) is 12.2. The standard InChI is InChI=1S/C23H34BrN3O6S/c1-3-5-26(7-6-25-8-10-33-11-9-25)21(30)19-23-12-15(24)18(34-23)16(22(31)32)17(23)20(29)27(19)14(4-2)13-28/h3,14-19,28H,1,4-13H2,2H3,(H,31,32)/t14-,15?,16+,17-,18+,19?,23?/m0/s1. The first-order valence-electron chi connectivity index (χ1n) is 12.0. The number of carboxylic acids is 1. The Morgan fingerprint density at radius 3 is 2.71 bits per heavy atom. The first-order chi connectivity index (χ1) is 16.3. The minimum absolute atomic E-state index is 0.0895. The van der Waals surface area contributed by atoms with Crippen LogP contribution in [0.5, 0.6) is 0 Å². The molecule has 0 aliphatic carbocycles. The van der Waals surface area contributed by atoms with Crippen molar-refractivity contribution < 1.29 is 29.3 Å². The number of fused-ring (bicyclic) bond motifs is 1. The monoisotopic (exact) mass is 559 g/mol. The summed E-state index contributed by atoms with van der Waals surface area (Å²) in [5.74, 6) is -3.12. The molecule has 4 saturated heterocycles. The Morgan fingerprint density at radius 2 is 2.12 bits per heavy atom. The number of carbonyl (C=O) groups is 3. The Kier molecular flexibility index (Phi) is 7.98. The number of likely N-dealkylation sites (tertiary alicyclic amines) is 1. The van der Waals surface area contributed by atoms with Gasteiger partial charge in [-0.2, -0.15) is 0 Å². The maximum Gasteiger partial charge on any atom is 0.308 e. The highest BCUT2D eigenvalue weighted by atomic mass is 79.9. The smallest absolute Gasteiger partial charge is 0.308 e. The fourth-order valence-electron chi connectivity index (χ4n) is 6.14. The lowest BCUT2D eigenvalue weighted by Gasteiger charge is -2.40. The van der Waals surface area contributed by atoms with Crippen molar-refractivity contribution in [1.82, 2.24) is 14.7 Å². The van der Waals surface area contributed by atoms with Crippen LogP contribution in [0.1, 0.15) is 19.8 Å². The van der Waals surface area contributed by atoms with E-state index >= 15 is 0 Å². The molecule has 1 spiro atoms. The minimum atomic E-state index is -0.998. The highest BCUT2D eigenvalue weighted by Crippen LogP contribution is 2.68. The van der Waals surface area contributed by atoms with Crippen LogP contribution in [-0.4, -0.2) is 122 Å². The topological polar surface area (TPSA) is 111 Å². The predicted octanol–water partition coefficient (Wildman–Crippen LogP) is 0.653. The van der Waals surface area contributed by atoms with Crippen molar-refractivity contribution in [2.45, 2.75) is 46.7 Å². The van der Waals surface area contributed by atoms with Crippen LogP contribution < -0.4 is 0 Å². The van der Waals surface area contributed by atoms with Crippen molar-refractivity contribution >= 4 is 45.5 Å². The molecule has 190 valence electrons. The Labute approximate surface area is 213 Å². The van der Waals surface area contributed by atoms with Crippen LogP contribution in [0, 0.1) is 11.8 Å². The summed E-state index contributed by atoms with van der Waals surface area (Å²) in [6, 6.07) is -1.35. The van der Waals surface area contributed by atoms with Crippen LogP contribution in [0.4, 0.5) is 0 Å². The molecule has 34 heavy (non-hydrogen) atoms. The lowest BCUT2D eigenvalue weighted by Crippen LogP contribution is -2.58. The molecular formula is C23H34BrN3O6S. The Morgan fingerprint density at radius 1 is 1.41 bits per heavy atom. The second-order valence-electron chi connectivity index (χ2n) is 9.52. The number of ether oxygens (including phenoxy) is 1. The molecule has 0 aromatic carbocycles. The van der Waals surface area contributed by atoms with E-state index < -0.39 is 34.6 Å². The second kappa shape index (κ2) is 10.5. The van der Waals surface area contributed by atoms with Gasteiger partial charge in [-0.15, -0.1) is 18.3 Å². The Bertz CT molecular complexity index is 823. The van der Waals surface area contributed by atoms with Crippen molar-refractivity contribution in [1.29, 1.82) is 0 Å². The van der Waals surface area contributed by atoms with Gasteiger partial charge in [0.25, 0.3) is 0 Å². The summed E-state index contributed by atoms with van der Waals surface area (Å²) in [6.45, 7) is 9.88. The highest BCUT2D eigenvalue weighted by molar-refractivity contribution is 9.09. The summed E-state index contributed by atoms with van der Waals surface area (Å²) in [4.78, 5) is 45.6. The van der Waals surface area contributed by atoms with E-state index in [-0.39, 0.29) is 28.5 Å². The zero-order valence-electron chi connectivity index (χ0n) is 19.5. The van der Waals surface area contributed by atoms with Gasteiger partial charge in [0.15, 0.2) is 0 Å². The fourth-order valence-corrected chi connectivity index (χ4v) is 9.73. The van der Waals surface area contributed by atoms with Crippen molar-refractivity contribution in [2.75, 3.05) is 52.5 Å². The number of rotatable bonds is 10. The quantitative estimate of drug-likeness (QED) is 0.296. The molecule has 4 rings (SSSR count). The molecule has 0 saturated carbocycles. The molecule has 0 aromatic rings. The number of hydrogen-bond acceptors (Lipinski definition) is 7. The van der Waals surface area contributed by atoms with Crippen LogP contribution in [-0.2, 0) is 19.1 Å². The van der Waals surface area contributed by atoms with Gasteiger partial charge in [0.05, 0.1) is 42.4 Å². The van der Waals surface area contributed by atoms with Crippen LogP contribution in [0.15, 0.2) is 12.7 Å². The van der Waals surface area contributed by atoms with E-state index in [9.17, 15) is 24.6 Å². The van der Waals surface area contributed by atoms with Crippen LogP contribution in [0.3, 0.4) is 0 Å². The average Bonchev–Trinajstić information content (AvgIpc) is 3.42. The van der Waals surface area contributed by atoms with Gasteiger partial charge in [-0.1, -0.05) is 28.9 Å². The van der Waals surface area contributed by atoms with E-state index in [1.807, 2.05) is 6.92 Å². The molecule has 4 heterocycles. The molecule has 0 radical (unpaired) electrons. The molecule has 2 bridgehead atoms. The van der Waals surface area contributed by atoms with Gasteiger partial charge in [0, 0.05) is 42.8 Å². The molecule has 7 atom stereocenters. The highest BCUT2D eigenvalue weighted by Gasteiger charge is 2.76. The summed E-state index contributed by atoms with van der Waals surface area (Å²) in [7, 11) is 0. The number of hydrogen-bond donors (Lipinski definition) is 2. The Balaban J connectivity index is 1.68. The third-order valence-corrected chi connectivity index (χ3v) is 11.0. The van der Waals surface area contributed by atoms with Crippen molar-refractivity contribution in [3.63, 3.8) is 0 Å². The number of amides is 2. The largest absolute Gasteiger partial charge is 0.481 e. The number of aliphatic carboxylic acids is 1. The van der Waals surface area contributed by atoms with Gasteiger partial charge in [-0.05, 0) is 12.8 Å². The maximum atomic E-state index is 14.2.